The zero-order chi connectivity index (χ0) is 23.1. The Kier molecular flexibility index (Phi) is 6.77. The predicted octanol–water partition coefficient (Wildman–Crippen LogP) is 2.72. The number of ether oxygens (including phenoxy) is 1. The van der Waals surface area contributed by atoms with Crippen molar-refractivity contribution in [2.45, 2.75) is 29.6 Å². The highest BCUT2D eigenvalue weighted by Gasteiger charge is 2.65. The lowest BCUT2D eigenvalue weighted by molar-refractivity contribution is 0.0853. The molecule has 1 aliphatic rings. The Morgan fingerprint density at radius 2 is 2.00 bits per heavy atom. The lowest BCUT2D eigenvalue weighted by atomic mass is 10.0. The monoisotopic (exact) mass is 572 g/mol. The van der Waals surface area contributed by atoms with Crippen molar-refractivity contribution in [2.24, 2.45) is 5.14 Å². The van der Waals surface area contributed by atoms with Gasteiger partial charge in [-0.1, -0.05) is 0 Å². The van der Waals surface area contributed by atoms with Crippen LogP contribution in [0.25, 0.3) is 0 Å². The molecule has 0 saturated heterocycles. The fraction of sp³-hybridized carbons (Fsp3) is 0.368. The van der Waals surface area contributed by atoms with Crippen molar-refractivity contribution >= 4 is 44.0 Å². The third kappa shape index (κ3) is 4.49. The van der Waals surface area contributed by atoms with Crippen molar-refractivity contribution in [1.82, 2.24) is 0 Å². The summed E-state index contributed by atoms with van der Waals surface area (Å²) in [4.78, 5) is 0. The first-order valence-electron chi connectivity index (χ1n) is 9.04. The Hall–Kier alpha value is -1.61. The van der Waals surface area contributed by atoms with Crippen LogP contribution in [-0.2, 0) is 10.0 Å². The molecule has 0 aromatic heterocycles. The summed E-state index contributed by atoms with van der Waals surface area (Å²) < 4.78 is 72.2. The molecule has 2 aromatic carbocycles. The summed E-state index contributed by atoms with van der Waals surface area (Å²) >= 11 is 1.89. The van der Waals surface area contributed by atoms with Gasteiger partial charge in [-0.2, -0.15) is 0 Å². The first-order chi connectivity index (χ1) is 14.4. The third-order valence-electron chi connectivity index (χ3n) is 5.36. The average Bonchev–Trinajstić information content (AvgIpc) is 3.41. The number of hydrogen-bond donors (Lipinski definition) is 4. The van der Waals surface area contributed by atoms with Gasteiger partial charge in [-0.05, 0) is 53.6 Å². The number of hydrogen-bond acceptors (Lipinski definition) is 6. The van der Waals surface area contributed by atoms with Crippen molar-refractivity contribution in [1.29, 1.82) is 0 Å². The fourth-order valence-corrected chi connectivity index (χ4v) is 5.54. The van der Waals surface area contributed by atoms with Crippen molar-refractivity contribution in [2.75, 3.05) is 19.0 Å². The Labute approximate surface area is 190 Å². The Morgan fingerprint density at radius 3 is 2.55 bits per heavy atom. The van der Waals surface area contributed by atoms with Crippen molar-refractivity contribution in [3.63, 3.8) is 0 Å². The molecule has 0 bridgehead atoms. The van der Waals surface area contributed by atoms with E-state index in [0.717, 1.165) is 6.07 Å². The van der Waals surface area contributed by atoms with E-state index in [1.165, 1.54) is 19.2 Å². The fourth-order valence-electron chi connectivity index (χ4n) is 3.75. The lowest BCUT2D eigenvalue weighted by Crippen LogP contribution is -2.36. The molecule has 0 amide bonds. The van der Waals surface area contributed by atoms with Crippen LogP contribution in [0.15, 0.2) is 24.3 Å². The van der Waals surface area contributed by atoms with Crippen molar-refractivity contribution in [3.05, 3.63) is 50.9 Å². The molecule has 3 rings (SSSR count). The summed E-state index contributed by atoms with van der Waals surface area (Å²) in [5.41, 5.74) is -0.713. The van der Waals surface area contributed by atoms with E-state index in [9.17, 15) is 26.7 Å². The Balaban J connectivity index is 2.17. The van der Waals surface area contributed by atoms with Crippen LogP contribution in [-0.4, -0.2) is 43.2 Å². The van der Waals surface area contributed by atoms with E-state index in [0.29, 0.717) is 3.57 Å². The van der Waals surface area contributed by atoms with Gasteiger partial charge >= 0.3 is 0 Å². The molecule has 0 heterocycles. The van der Waals surface area contributed by atoms with Crippen LogP contribution in [0.4, 0.5) is 24.5 Å². The molecule has 3 atom stereocenters. The van der Waals surface area contributed by atoms with E-state index in [1.807, 2.05) is 22.6 Å². The number of anilines is 2. The van der Waals surface area contributed by atoms with Crippen LogP contribution in [0.2, 0.25) is 0 Å². The molecule has 170 valence electrons. The van der Waals surface area contributed by atoms with Gasteiger partial charge in [-0.3, -0.25) is 0 Å². The number of rotatable bonds is 8. The maximum absolute atomic E-state index is 14.9. The Bertz CT molecular complexity index is 1120. The van der Waals surface area contributed by atoms with Gasteiger partial charge in [0.15, 0.2) is 11.6 Å². The van der Waals surface area contributed by atoms with Crippen LogP contribution >= 0.6 is 22.6 Å². The third-order valence-corrected chi connectivity index (χ3v) is 7.79. The van der Waals surface area contributed by atoms with Gasteiger partial charge in [0.05, 0.1) is 35.9 Å². The van der Waals surface area contributed by atoms with E-state index < -0.39 is 63.0 Å². The zero-order valence-corrected chi connectivity index (χ0v) is 19.2. The normalized spacial score (nSPS) is 21.6. The highest BCUT2D eigenvalue weighted by atomic mass is 127. The highest BCUT2D eigenvalue weighted by Crippen LogP contribution is 2.62. The number of nitrogens with one attached hydrogen (secondary N) is 1. The number of methoxy groups -OCH3 is 1. The van der Waals surface area contributed by atoms with Crippen LogP contribution < -0.4 is 15.2 Å². The SMILES string of the molecule is COc1cc(F)c(F)c(Nc2ccc(I)cc2F)c1C1C[C@]1(CC(O)CO)S(N)(=O)=O. The summed E-state index contributed by atoms with van der Waals surface area (Å²) in [5.74, 6) is -4.54. The molecule has 1 aliphatic carbocycles. The second kappa shape index (κ2) is 8.73. The maximum Gasteiger partial charge on any atom is 0.215 e. The molecule has 7 nitrogen and oxygen atoms in total. The summed E-state index contributed by atoms with van der Waals surface area (Å²) in [6.45, 7) is -0.710. The van der Waals surface area contributed by atoms with Crippen molar-refractivity contribution < 1.29 is 36.5 Å². The van der Waals surface area contributed by atoms with Crippen LogP contribution in [0.5, 0.6) is 5.75 Å². The minimum atomic E-state index is -4.29. The first kappa shape index (κ1) is 24.0. The van der Waals surface area contributed by atoms with Gasteiger partial charge in [-0.15, -0.1) is 0 Å². The molecule has 0 spiro atoms. The first-order valence-corrected chi connectivity index (χ1v) is 11.7. The number of benzene rings is 2. The van der Waals surface area contributed by atoms with Gasteiger partial charge in [0, 0.05) is 21.1 Å². The smallest absolute Gasteiger partial charge is 0.215 e. The summed E-state index contributed by atoms with van der Waals surface area (Å²) in [6, 6.07) is 4.81. The minimum Gasteiger partial charge on any atom is -0.496 e. The molecular formula is C19H20F3IN2O5S. The van der Waals surface area contributed by atoms with E-state index in [-0.39, 0.29) is 23.4 Å². The van der Waals surface area contributed by atoms with Crippen LogP contribution in [0, 0.1) is 21.0 Å². The predicted molar refractivity (Wildman–Crippen MR) is 116 cm³/mol. The Morgan fingerprint density at radius 1 is 1.32 bits per heavy atom. The minimum absolute atomic E-state index is 0.0569. The van der Waals surface area contributed by atoms with E-state index in [4.69, 9.17) is 15.0 Å². The molecule has 1 saturated carbocycles. The average molecular weight is 572 g/mol. The molecule has 12 heteroatoms. The van der Waals surface area contributed by atoms with Gasteiger partial charge in [0.1, 0.15) is 11.6 Å². The molecule has 1 fully saturated rings. The van der Waals surface area contributed by atoms with Gasteiger partial charge in [-0.25, -0.2) is 26.7 Å². The number of aliphatic hydroxyl groups excluding tert-OH is 2. The summed E-state index contributed by atoms with van der Waals surface area (Å²) in [7, 11) is -3.10. The molecular weight excluding hydrogens is 552 g/mol. The van der Waals surface area contributed by atoms with E-state index >= 15 is 0 Å². The number of primary sulfonamides is 1. The number of halogens is 4. The molecule has 2 aromatic rings. The summed E-state index contributed by atoms with van der Waals surface area (Å²) in [6.07, 6.45) is -1.95. The highest BCUT2D eigenvalue weighted by molar-refractivity contribution is 14.1. The van der Waals surface area contributed by atoms with Crippen molar-refractivity contribution in [3.8, 4) is 5.75 Å². The molecule has 0 radical (unpaired) electrons. The van der Waals surface area contributed by atoms with Gasteiger partial charge < -0.3 is 20.3 Å². The molecule has 2 unspecified atom stereocenters. The topological polar surface area (TPSA) is 122 Å². The quantitative estimate of drug-likeness (QED) is 0.361. The van der Waals surface area contributed by atoms with Gasteiger partial charge in [0.25, 0.3) is 0 Å². The summed E-state index contributed by atoms with van der Waals surface area (Å²) in [5, 5.41) is 26.9. The maximum atomic E-state index is 14.9. The molecule has 31 heavy (non-hydrogen) atoms. The van der Waals surface area contributed by atoms with Crippen LogP contribution in [0.3, 0.4) is 0 Å². The van der Waals surface area contributed by atoms with E-state index in [1.54, 1.807) is 6.07 Å². The van der Waals surface area contributed by atoms with E-state index in [2.05, 4.69) is 5.32 Å². The zero-order valence-electron chi connectivity index (χ0n) is 16.2. The number of aliphatic hydroxyl groups is 2. The standard InChI is InChI=1S/C19H20F3IN2O5S/c1-30-15-5-13(21)17(22)18(25-14-3-2-9(23)4-12(14)20)16(15)11-7-19(11,31(24,28)29)6-10(27)8-26/h2-5,10-11,25-27H,6-8H2,1H3,(H2,24,28,29)/t10?,11?,19-/m0/s1. The second-order valence-electron chi connectivity index (χ2n) is 7.32. The largest absolute Gasteiger partial charge is 0.496 e. The lowest BCUT2D eigenvalue weighted by Gasteiger charge is -2.22. The number of sulfonamides is 1. The van der Waals surface area contributed by atoms with Gasteiger partial charge in [0.2, 0.25) is 10.0 Å². The molecule has 0 aliphatic heterocycles. The van der Waals surface area contributed by atoms with Crippen LogP contribution in [0.1, 0.15) is 24.3 Å². The second-order valence-corrected chi connectivity index (χ2v) is 10.5. The number of nitrogens with two attached hydrogens (primary N) is 1. The molecule has 5 N–H and O–H groups in total.